The van der Waals surface area contributed by atoms with Crippen molar-refractivity contribution in [1.82, 2.24) is 0 Å². The number of rotatable bonds is 3. The molecule has 68 valence electrons. The normalized spacial score (nSPS) is 15.4. The number of benzene rings is 1. The highest BCUT2D eigenvalue weighted by Crippen LogP contribution is 2.26. The third-order valence-corrected chi connectivity index (χ3v) is 2.13. The van der Waals surface area contributed by atoms with E-state index in [1.165, 1.54) is 12.8 Å². The van der Waals surface area contributed by atoms with Crippen LogP contribution in [0.2, 0.25) is 0 Å². The molecule has 0 radical (unpaired) electrons. The van der Waals surface area contributed by atoms with Crippen LogP contribution in [0.15, 0.2) is 24.3 Å². The van der Waals surface area contributed by atoms with Gasteiger partial charge < -0.3 is 11.1 Å². The summed E-state index contributed by atoms with van der Waals surface area (Å²) in [5.74, 6) is -0.372. The Balaban J connectivity index is 2.25. The van der Waals surface area contributed by atoms with Gasteiger partial charge in [-0.3, -0.25) is 4.79 Å². The van der Waals surface area contributed by atoms with E-state index in [4.69, 9.17) is 5.73 Å². The number of para-hydroxylation sites is 1. The van der Waals surface area contributed by atoms with Crippen LogP contribution in [0.4, 0.5) is 5.69 Å². The van der Waals surface area contributed by atoms with E-state index < -0.39 is 0 Å². The molecule has 1 saturated carbocycles. The summed E-state index contributed by atoms with van der Waals surface area (Å²) in [5.41, 5.74) is 6.67. The first kappa shape index (κ1) is 8.10. The van der Waals surface area contributed by atoms with Crippen molar-refractivity contribution in [3.63, 3.8) is 0 Å². The Morgan fingerprint density at radius 2 is 2.08 bits per heavy atom. The van der Waals surface area contributed by atoms with Gasteiger partial charge in [-0.1, -0.05) is 12.1 Å². The van der Waals surface area contributed by atoms with Gasteiger partial charge in [-0.05, 0) is 25.0 Å². The van der Waals surface area contributed by atoms with Crippen LogP contribution in [0.25, 0.3) is 0 Å². The van der Waals surface area contributed by atoms with Crippen molar-refractivity contribution in [3.8, 4) is 0 Å². The van der Waals surface area contributed by atoms with E-state index in [1.807, 2.05) is 18.2 Å². The lowest BCUT2D eigenvalue weighted by Crippen LogP contribution is -2.14. The van der Waals surface area contributed by atoms with E-state index in [1.54, 1.807) is 6.07 Å². The maximum Gasteiger partial charge on any atom is 0.250 e. The zero-order chi connectivity index (χ0) is 9.26. The van der Waals surface area contributed by atoms with Crippen LogP contribution in [-0.4, -0.2) is 11.9 Å². The topological polar surface area (TPSA) is 55.1 Å². The molecule has 0 heterocycles. The van der Waals surface area contributed by atoms with Crippen molar-refractivity contribution in [2.45, 2.75) is 18.9 Å². The average Bonchev–Trinajstić information content (AvgIpc) is 2.89. The fourth-order valence-electron chi connectivity index (χ4n) is 1.27. The minimum Gasteiger partial charge on any atom is -0.382 e. The van der Waals surface area contributed by atoms with E-state index in [9.17, 15) is 4.79 Å². The first-order valence-corrected chi connectivity index (χ1v) is 4.43. The minimum atomic E-state index is -0.372. The predicted octanol–water partition coefficient (Wildman–Crippen LogP) is 1.36. The lowest BCUT2D eigenvalue weighted by Gasteiger charge is -2.07. The van der Waals surface area contributed by atoms with Gasteiger partial charge in [0, 0.05) is 11.7 Å². The van der Waals surface area contributed by atoms with Crippen LogP contribution in [0.5, 0.6) is 0 Å². The number of carbonyl (C=O) groups is 1. The summed E-state index contributed by atoms with van der Waals surface area (Å²) < 4.78 is 0. The van der Waals surface area contributed by atoms with Gasteiger partial charge in [-0.15, -0.1) is 0 Å². The maximum absolute atomic E-state index is 11.0. The van der Waals surface area contributed by atoms with Crippen LogP contribution in [0.1, 0.15) is 23.2 Å². The van der Waals surface area contributed by atoms with Gasteiger partial charge in [0.2, 0.25) is 0 Å². The molecule has 1 aromatic rings. The molecular formula is C10H12N2O. The van der Waals surface area contributed by atoms with E-state index in [2.05, 4.69) is 5.32 Å². The largest absolute Gasteiger partial charge is 0.382 e. The molecule has 0 atom stereocenters. The van der Waals surface area contributed by atoms with Crippen LogP contribution in [0, 0.1) is 0 Å². The highest BCUT2D eigenvalue weighted by molar-refractivity contribution is 5.98. The fraction of sp³-hybridized carbons (Fsp3) is 0.300. The number of carbonyl (C=O) groups excluding carboxylic acids is 1. The van der Waals surface area contributed by atoms with Crippen molar-refractivity contribution >= 4 is 11.6 Å². The van der Waals surface area contributed by atoms with Gasteiger partial charge in [-0.25, -0.2) is 0 Å². The van der Waals surface area contributed by atoms with Gasteiger partial charge in [-0.2, -0.15) is 0 Å². The quantitative estimate of drug-likeness (QED) is 0.730. The molecule has 0 aromatic heterocycles. The lowest BCUT2D eigenvalue weighted by molar-refractivity contribution is 0.100. The third-order valence-electron chi connectivity index (χ3n) is 2.13. The SMILES string of the molecule is NC(=O)c1ccccc1NC1CC1. The second kappa shape index (κ2) is 3.09. The third kappa shape index (κ3) is 1.80. The number of hydrogen-bond acceptors (Lipinski definition) is 2. The average molecular weight is 176 g/mol. The molecule has 1 aliphatic carbocycles. The smallest absolute Gasteiger partial charge is 0.250 e. The summed E-state index contributed by atoms with van der Waals surface area (Å²) >= 11 is 0. The summed E-state index contributed by atoms with van der Waals surface area (Å²) in [6.45, 7) is 0. The standard InChI is InChI=1S/C10H12N2O/c11-10(13)8-3-1-2-4-9(8)12-7-5-6-7/h1-4,7,12H,5-6H2,(H2,11,13). The van der Waals surface area contributed by atoms with Gasteiger partial charge in [0.1, 0.15) is 0 Å². The Morgan fingerprint density at radius 3 is 2.69 bits per heavy atom. The van der Waals surface area contributed by atoms with Crippen LogP contribution < -0.4 is 11.1 Å². The highest BCUT2D eigenvalue weighted by Gasteiger charge is 2.22. The molecule has 0 unspecified atom stereocenters. The Bertz CT molecular complexity index is 331. The summed E-state index contributed by atoms with van der Waals surface area (Å²) in [4.78, 5) is 11.0. The molecule has 3 N–H and O–H groups in total. The number of hydrogen-bond donors (Lipinski definition) is 2. The molecule has 1 amide bonds. The molecule has 0 spiro atoms. The second-order valence-corrected chi connectivity index (χ2v) is 3.33. The first-order valence-electron chi connectivity index (χ1n) is 4.43. The van der Waals surface area contributed by atoms with Gasteiger partial charge >= 0.3 is 0 Å². The molecule has 3 heteroatoms. The van der Waals surface area contributed by atoms with E-state index in [0.29, 0.717) is 11.6 Å². The van der Waals surface area contributed by atoms with Crippen molar-refractivity contribution in [2.75, 3.05) is 5.32 Å². The molecule has 1 fully saturated rings. The Hall–Kier alpha value is -1.51. The highest BCUT2D eigenvalue weighted by atomic mass is 16.1. The van der Waals surface area contributed by atoms with Crippen molar-refractivity contribution < 1.29 is 4.79 Å². The summed E-state index contributed by atoms with van der Waals surface area (Å²) in [7, 11) is 0. The Labute approximate surface area is 76.9 Å². The van der Waals surface area contributed by atoms with Crippen molar-refractivity contribution in [3.05, 3.63) is 29.8 Å². The van der Waals surface area contributed by atoms with Crippen molar-refractivity contribution in [2.24, 2.45) is 5.73 Å². The maximum atomic E-state index is 11.0. The van der Waals surface area contributed by atoms with E-state index >= 15 is 0 Å². The predicted molar refractivity (Wildman–Crippen MR) is 51.6 cm³/mol. The van der Waals surface area contributed by atoms with Crippen LogP contribution in [0.3, 0.4) is 0 Å². The molecular weight excluding hydrogens is 164 g/mol. The van der Waals surface area contributed by atoms with Gasteiger partial charge in [0.05, 0.1) is 5.56 Å². The summed E-state index contributed by atoms with van der Waals surface area (Å²) in [5, 5.41) is 3.26. The summed E-state index contributed by atoms with van der Waals surface area (Å²) in [6.07, 6.45) is 2.38. The van der Waals surface area contributed by atoms with Crippen LogP contribution >= 0.6 is 0 Å². The second-order valence-electron chi connectivity index (χ2n) is 3.33. The van der Waals surface area contributed by atoms with Gasteiger partial charge in [0.15, 0.2) is 0 Å². The Kier molecular flexibility index (Phi) is 1.93. The first-order chi connectivity index (χ1) is 6.27. The molecule has 13 heavy (non-hydrogen) atoms. The minimum absolute atomic E-state index is 0.372. The number of nitrogens with two attached hydrogens (primary N) is 1. The molecule has 0 aliphatic heterocycles. The molecule has 1 aliphatic rings. The zero-order valence-corrected chi connectivity index (χ0v) is 7.29. The lowest BCUT2D eigenvalue weighted by atomic mass is 10.1. The number of nitrogens with one attached hydrogen (secondary N) is 1. The molecule has 0 bridgehead atoms. The van der Waals surface area contributed by atoms with Gasteiger partial charge in [0.25, 0.3) is 5.91 Å². The summed E-state index contributed by atoms with van der Waals surface area (Å²) in [6, 6.07) is 7.89. The number of amides is 1. The van der Waals surface area contributed by atoms with E-state index in [0.717, 1.165) is 5.69 Å². The number of anilines is 1. The monoisotopic (exact) mass is 176 g/mol. The van der Waals surface area contributed by atoms with Crippen LogP contribution in [-0.2, 0) is 0 Å². The van der Waals surface area contributed by atoms with E-state index in [-0.39, 0.29) is 5.91 Å². The Morgan fingerprint density at radius 1 is 1.38 bits per heavy atom. The van der Waals surface area contributed by atoms with Crippen molar-refractivity contribution in [1.29, 1.82) is 0 Å². The molecule has 3 nitrogen and oxygen atoms in total. The zero-order valence-electron chi connectivity index (χ0n) is 7.29. The molecule has 2 rings (SSSR count). The number of primary amides is 1. The molecule has 1 aromatic carbocycles. The fourth-order valence-corrected chi connectivity index (χ4v) is 1.27. The molecule has 0 saturated heterocycles.